The summed E-state index contributed by atoms with van der Waals surface area (Å²) in [5.74, 6) is 0.266. The van der Waals surface area contributed by atoms with Crippen LogP contribution in [0.15, 0.2) is 24.3 Å². The van der Waals surface area contributed by atoms with E-state index >= 15 is 0 Å². The predicted molar refractivity (Wildman–Crippen MR) is 81.1 cm³/mol. The molecule has 0 bridgehead atoms. The van der Waals surface area contributed by atoms with Gasteiger partial charge in [0.15, 0.2) is 11.5 Å². The summed E-state index contributed by atoms with van der Waals surface area (Å²) >= 11 is 1.42. The zero-order valence-electron chi connectivity index (χ0n) is 12.1. The van der Waals surface area contributed by atoms with Crippen LogP contribution in [-0.4, -0.2) is 13.1 Å². The van der Waals surface area contributed by atoms with E-state index in [0.717, 1.165) is 16.9 Å². The van der Waals surface area contributed by atoms with Gasteiger partial charge >= 0.3 is 5.97 Å². The minimum atomic E-state index is -0.411. The molecule has 0 radical (unpaired) electrons. The molecule has 0 saturated carbocycles. The molecule has 0 fully saturated rings. The van der Waals surface area contributed by atoms with Gasteiger partial charge in [-0.1, -0.05) is 6.92 Å². The summed E-state index contributed by atoms with van der Waals surface area (Å²) in [7, 11) is 1.47. The summed E-state index contributed by atoms with van der Waals surface area (Å²) in [6.07, 6.45) is 0.885. The topological polar surface area (TPSA) is 59.3 Å². The van der Waals surface area contributed by atoms with Gasteiger partial charge < -0.3 is 9.47 Å². The Morgan fingerprint density at radius 3 is 2.67 bits per heavy atom. The Labute approximate surface area is 127 Å². The van der Waals surface area contributed by atoms with Crippen LogP contribution in [0.2, 0.25) is 0 Å². The molecule has 1 heterocycles. The fraction of sp³-hybridized carbons (Fsp3) is 0.250. The third-order valence-corrected chi connectivity index (χ3v) is 4.17. The highest BCUT2D eigenvalue weighted by Crippen LogP contribution is 2.30. The number of rotatable bonds is 4. The largest absolute Gasteiger partial charge is 0.493 e. The van der Waals surface area contributed by atoms with Crippen LogP contribution >= 0.6 is 11.3 Å². The van der Waals surface area contributed by atoms with Gasteiger partial charge in [-0.05, 0) is 37.1 Å². The second-order valence-corrected chi connectivity index (χ2v) is 5.67. The minimum absolute atomic E-state index is 0.311. The third-order valence-electron chi connectivity index (χ3n) is 3.10. The Hall–Kier alpha value is -2.32. The lowest BCUT2D eigenvalue weighted by Gasteiger charge is -2.08. The number of esters is 1. The summed E-state index contributed by atoms with van der Waals surface area (Å²) in [5.41, 5.74) is 1.60. The van der Waals surface area contributed by atoms with Crippen LogP contribution in [0.4, 0.5) is 0 Å². The maximum absolute atomic E-state index is 12.2. The van der Waals surface area contributed by atoms with Crippen molar-refractivity contribution in [3.8, 4) is 17.6 Å². The van der Waals surface area contributed by atoms with Crippen molar-refractivity contribution in [3.05, 3.63) is 45.1 Å². The van der Waals surface area contributed by atoms with E-state index in [0.29, 0.717) is 21.9 Å². The Kier molecular flexibility index (Phi) is 4.61. The molecular formula is C16H15NO3S. The van der Waals surface area contributed by atoms with E-state index in [1.807, 2.05) is 26.0 Å². The Balaban J connectivity index is 2.25. The number of carbonyl (C=O) groups is 1. The van der Waals surface area contributed by atoms with Crippen LogP contribution in [0.3, 0.4) is 0 Å². The van der Waals surface area contributed by atoms with E-state index in [1.165, 1.54) is 18.4 Å². The van der Waals surface area contributed by atoms with E-state index < -0.39 is 5.97 Å². The number of aryl methyl sites for hydroxylation is 2. The fourth-order valence-electron chi connectivity index (χ4n) is 1.94. The maximum atomic E-state index is 12.2. The highest BCUT2D eigenvalue weighted by atomic mass is 32.1. The normalized spacial score (nSPS) is 10.0. The maximum Gasteiger partial charge on any atom is 0.353 e. The quantitative estimate of drug-likeness (QED) is 0.638. The van der Waals surface area contributed by atoms with E-state index in [1.54, 1.807) is 18.2 Å². The molecule has 0 atom stereocenters. The van der Waals surface area contributed by atoms with E-state index in [2.05, 4.69) is 0 Å². The molecule has 1 aromatic heterocycles. The molecule has 0 aliphatic carbocycles. The second-order valence-electron chi connectivity index (χ2n) is 4.41. The first-order valence-electron chi connectivity index (χ1n) is 6.48. The van der Waals surface area contributed by atoms with Crippen molar-refractivity contribution in [2.75, 3.05) is 7.11 Å². The molecule has 4 nitrogen and oxygen atoms in total. The standard InChI is InChI=1S/C16H15NO3S/c1-4-12-8-15(21-10(12)2)16(18)20-13-6-5-11(9-17)7-14(13)19-3/h5-8H,4H2,1-3H3. The lowest BCUT2D eigenvalue weighted by molar-refractivity contribution is 0.0734. The number of ether oxygens (including phenoxy) is 2. The van der Waals surface area contributed by atoms with Gasteiger partial charge in [0.1, 0.15) is 4.88 Å². The van der Waals surface area contributed by atoms with Crippen LogP contribution in [-0.2, 0) is 6.42 Å². The summed E-state index contributed by atoms with van der Waals surface area (Å²) in [5, 5.41) is 8.86. The minimum Gasteiger partial charge on any atom is -0.493 e. The van der Waals surface area contributed by atoms with Crippen molar-refractivity contribution in [1.29, 1.82) is 5.26 Å². The molecule has 21 heavy (non-hydrogen) atoms. The highest BCUT2D eigenvalue weighted by Gasteiger charge is 2.16. The molecule has 0 saturated heterocycles. The zero-order chi connectivity index (χ0) is 15.4. The van der Waals surface area contributed by atoms with Gasteiger partial charge in [0.25, 0.3) is 0 Å². The SMILES string of the molecule is CCc1cc(C(=O)Oc2ccc(C#N)cc2OC)sc1C. The van der Waals surface area contributed by atoms with Gasteiger partial charge in [-0.25, -0.2) is 4.79 Å². The number of thiophene rings is 1. The van der Waals surface area contributed by atoms with Gasteiger partial charge in [-0.2, -0.15) is 5.26 Å². The molecule has 0 amide bonds. The fourth-order valence-corrected chi connectivity index (χ4v) is 2.93. The average molecular weight is 301 g/mol. The summed E-state index contributed by atoms with van der Waals surface area (Å²) in [4.78, 5) is 13.9. The van der Waals surface area contributed by atoms with Crippen molar-refractivity contribution in [2.24, 2.45) is 0 Å². The van der Waals surface area contributed by atoms with Crippen LogP contribution in [0.25, 0.3) is 0 Å². The number of nitrogens with zero attached hydrogens (tertiary/aromatic N) is 1. The molecule has 0 unspecified atom stereocenters. The van der Waals surface area contributed by atoms with Crippen LogP contribution < -0.4 is 9.47 Å². The molecule has 0 aliphatic rings. The molecular weight excluding hydrogens is 286 g/mol. The van der Waals surface area contributed by atoms with Crippen molar-refractivity contribution >= 4 is 17.3 Å². The van der Waals surface area contributed by atoms with Crippen LogP contribution in [0.1, 0.15) is 32.6 Å². The Morgan fingerprint density at radius 2 is 2.10 bits per heavy atom. The molecule has 5 heteroatoms. The van der Waals surface area contributed by atoms with E-state index in [4.69, 9.17) is 14.7 Å². The van der Waals surface area contributed by atoms with Gasteiger partial charge in [0.05, 0.1) is 18.7 Å². The van der Waals surface area contributed by atoms with Crippen LogP contribution in [0, 0.1) is 18.3 Å². The molecule has 2 aromatic rings. The van der Waals surface area contributed by atoms with Gasteiger partial charge in [-0.3, -0.25) is 0 Å². The lowest BCUT2D eigenvalue weighted by atomic mass is 10.2. The monoisotopic (exact) mass is 301 g/mol. The zero-order valence-corrected chi connectivity index (χ0v) is 12.9. The number of hydrogen-bond donors (Lipinski definition) is 0. The Morgan fingerprint density at radius 1 is 1.33 bits per heavy atom. The number of hydrogen-bond acceptors (Lipinski definition) is 5. The van der Waals surface area contributed by atoms with Crippen molar-refractivity contribution in [1.82, 2.24) is 0 Å². The summed E-state index contributed by atoms with van der Waals surface area (Å²) in [6.45, 7) is 4.04. The van der Waals surface area contributed by atoms with Crippen LogP contribution in [0.5, 0.6) is 11.5 Å². The first-order chi connectivity index (χ1) is 10.1. The molecule has 0 aliphatic heterocycles. The molecule has 0 spiro atoms. The van der Waals surface area contributed by atoms with Gasteiger partial charge in [0.2, 0.25) is 0 Å². The van der Waals surface area contributed by atoms with Gasteiger partial charge in [0, 0.05) is 10.9 Å². The van der Waals surface area contributed by atoms with Crippen molar-refractivity contribution in [2.45, 2.75) is 20.3 Å². The Bertz CT molecular complexity index is 713. The number of carbonyl (C=O) groups excluding carboxylic acids is 1. The van der Waals surface area contributed by atoms with Crippen molar-refractivity contribution < 1.29 is 14.3 Å². The molecule has 1 aromatic carbocycles. The van der Waals surface area contributed by atoms with Gasteiger partial charge in [-0.15, -0.1) is 11.3 Å². The first-order valence-corrected chi connectivity index (χ1v) is 7.30. The lowest BCUT2D eigenvalue weighted by Crippen LogP contribution is -2.07. The third kappa shape index (κ3) is 3.23. The highest BCUT2D eigenvalue weighted by molar-refractivity contribution is 7.14. The van der Waals surface area contributed by atoms with E-state index in [-0.39, 0.29) is 0 Å². The second kappa shape index (κ2) is 6.42. The van der Waals surface area contributed by atoms with Crippen molar-refractivity contribution in [3.63, 3.8) is 0 Å². The smallest absolute Gasteiger partial charge is 0.353 e. The number of methoxy groups -OCH3 is 1. The van der Waals surface area contributed by atoms with E-state index in [9.17, 15) is 4.79 Å². The average Bonchev–Trinajstić information content (AvgIpc) is 2.88. The number of benzene rings is 1. The summed E-state index contributed by atoms with van der Waals surface area (Å²) < 4.78 is 10.5. The predicted octanol–water partition coefficient (Wildman–Crippen LogP) is 3.72. The first kappa shape index (κ1) is 15.1. The summed E-state index contributed by atoms with van der Waals surface area (Å²) in [6, 6.07) is 8.57. The molecule has 108 valence electrons. The molecule has 0 N–H and O–H groups in total. The molecule has 2 rings (SSSR count). The number of nitriles is 1.